The molecule has 6 nitrogen and oxygen atoms in total. The first kappa shape index (κ1) is 17.2. The summed E-state index contributed by atoms with van der Waals surface area (Å²) in [4.78, 5) is 1.55. The van der Waals surface area contributed by atoms with Crippen LogP contribution in [0.4, 0.5) is 30.2 Å². The maximum Gasteiger partial charge on any atom is 0.418 e. The van der Waals surface area contributed by atoms with Gasteiger partial charge in [-0.2, -0.15) is 18.4 Å². The topological polar surface area (TPSA) is 66.9 Å². The summed E-state index contributed by atoms with van der Waals surface area (Å²) in [5.41, 5.74) is 0.414. The molecule has 1 aliphatic heterocycles. The second-order valence-electron chi connectivity index (χ2n) is 6.34. The number of tetrazole rings is 1. The molecule has 144 valence electrons. The monoisotopic (exact) mass is 395 g/mol. The van der Waals surface area contributed by atoms with E-state index in [4.69, 9.17) is 4.74 Å². The van der Waals surface area contributed by atoms with Crippen molar-refractivity contribution in [2.45, 2.75) is 6.18 Å². The van der Waals surface area contributed by atoms with E-state index in [0.29, 0.717) is 22.9 Å². The van der Waals surface area contributed by atoms with Crippen molar-refractivity contribution in [1.82, 2.24) is 20.6 Å². The molecule has 0 fully saturated rings. The van der Waals surface area contributed by atoms with Gasteiger partial charge in [0.05, 0.1) is 22.6 Å². The molecule has 0 saturated heterocycles. The van der Waals surface area contributed by atoms with Gasteiger partial charge in [-0.15, -0.1) is 10.2 Å². The van der Waals surface area contributed by atoms with Gasteiger partial charge in [-0.25, -0.2) is 0 Å². The van der Waals surface area contributed by atoms with Crippen molar-refractivity contribution in [1.29, 1.82) is 0 Å². The van der Waals surface area contributed by atoms with E-state index in [1.165, 1.54) is 12.1 Å². The molecule has 29 heavy (non-hydrogen) atoms. The zero-order valence-corrected chi connectivity index (χ0v) is 14.7. The molecule has 0 aliphatic carbocycles. The number of nitrogens with zero attached hydrogens (tertiary/aromatic N) is 4. The van der Waals surface area contributed by atoms with E-state index in [2.05, 4.69) is 20.6 Å². The number of nitrogens with one attached hydrogen (secondary N) is 1. The minimum atomic E-state index is -4.60. The number of benzene rings is 3. The second-order valence-corrected chi connectivity index (χ2v) is 6.34. The highest BCUT2D eigenvalue weighted by atomic mass is 19.4. The average Bonchev–Trinajstić information content (AvgIpc) is 3.26. The number of anilines is 3. The summed E-state index contributed by atoms with van der Waals surface area (Å²) < 4.78 is 48.0. The Hall–Kier alpha value is -3.88. The van der Waals surface area contributed by atoms with Gasteiger partial charge >= 0.3 is 6.18 Å². The summed E-state index contributed by atoms with van der Waals surface area (Å²) >= 11 is 0. The van der Waals surface area contributed by atoms with E-state index >= 15 is 0 Å². The normalized spacial score (nSPS) is 12.9. The third-order valence-electron chi connectivity index (χ3n) is 4.58. The summed E-state index contributed by atoms with van der Waals surface area (Å²) in [6.07, 6.45) is -4.60. The van der Waals surface area contributed by atoms with Gasteiger partial charge < -0.3 is 9.64 Å². The Labute approximate surface area is 162 Å². The zero-order valence-electron chi connectivity index (χ0n) is 14.7. The molecule has 3 aromatic carbocycles. The number of fused-ring (bicyclic) bond motifs is 2. The lowest BCUT2D eigenvalue weighted by Gasteiger charge is -2.34. The lowest BCUT2D eigenvalue weighted by Crippen LogP contribution is -2.20. The summed E-state index contributed by atoms with van der Waals surface area (Å²) in [6, 6.07) is 17.9. The summed E-state index contributed by atoms with van der Waals surface area (Å²) in [7, 11) is 0. The van der Waals surface area contributed by atoms with Crippen LogP contribution in [-0.2, 0) is 6.18 Å². The Bertz CT molecular complexity index is 1150. The first-order valence-electron chi connectivity index (χ1n) is 8.63. The van der Waals surface area contributed by atoms with Gasteiger partial charge in [0.1, 0.15) is 0 Å². The number of aromatic nitrogens is 4. The smallest absolute Gasteiger partial charge is 0.418 e. The summed E-state index contributed by atoms with van der Waals surface area (Å²) in [5, 5.41) is 13.2. The number of ether oxygens (including phenoxy) is 1. The quantitative estimate of drug-likeness (QED) is 0.430. The molecule has 2 heterocycles. The molecule has 1 aromatic heterocycles. The molecule has 1 N–H and O–H groups in total. The Kier molecular flexibility index (Phi) is 3.76. The van der Waals surface area contributed by atoms with Crippen molar-refractivity contribution in [2.24, 2.45) is 0 Å². The van der Waals surface area contributed by atoms with E-state index < -0.39 is 11.7 Å². The maximum absolute atomic E-state index is 14.1. The van der Waals surface area contributed by atoms with E-state index in [-0.39, 0.29) is 17.1 Å². The molecule has 0 amide bonds. The fourth-order valence-electron chi connectivity index (χ4n) is 3.35. The van der Waals surface area contributed by atoms with Crippen LogP contribution >= 0.6 is 0 Å². The summed E-state index contributed by atoms with van der Waals surface area (Å²) in [6.45, 7) is 0. The number of aromatic amines is 1. The van der Waals surface area contributed by atoms with Crippen LogP contribution in [0.5, 0.6) is 11.5 Å². The Morgan fingerprint density at radius 1 is 0.828 bits per heavy atom. The lowest BCUT2D eigenvalue weighted by atomic mass is 10.0. The minimum absolute atomic E-state index is 0.0204. The second kappa shape index (κ2) is 6.33. The van der Waals surface area contributed by atoms with Crippen LogP contribution in [0, 0.1) is 0 Å². The van der Waals surface area contributed by atoms with Crippen molar-refractivity contribution >= 4 is 17.1 Å². The number of H-pyrrole nitrogens is 1. The average molecular weight is 395 g/mol. The molecule has 0 spiro atoms. The van der Waals surface area contributed by atoms with Crippen LogP contribution in [0.15, 0.2) is 66.7 Å². The molecule has 5 rings (SSSR count). The van der Waals surface area contributed by atoms with Crippen molar-refractivity contribution in [2.75, 3.05) is 4.90 Å². The third kappa shape index (κ3) is 2.87. The lowest BCUT2D eigenvalue weighted by molar-refractivity contribution is -0.137. The van der Waals surface area contributed by atoms with Crippen LogP contribution in [0.2, 0.25) is 0 Å². The highest BCUT2D eigenvalue weighted by molar-refractivity contribution is 5.88. The predicted molar refractivity (Wildman–Crippen MR) is 99.4 cm³/mol. The zero-order chi connectivity index (χ0) is 20.0. The van der Waals surface area contributed by atoms with Gasteiger partial charge in [0.25, 0.3) is 0 Å². The maximum atomic E-state index is 14.1. The molecule has 0 bridgehead atoms. The highest BCUT2D eigenvalue weighted by Crippen LogP contribution is 2.52. The minimum Gasteiger partial charge on any atom is -0.453 e. The van der Waals surface area contributed by atoms with Crippen LogP contribution < -0.4 is 9.64 Å². The number of hydrogen-bond acceptors (Lipinski definition) is 5. The number of alkyl halides is 3. The number of halogens is 3. The van der Waals surface area contributed by atoms with Crippen molar-refractivity contribution < 1.29 is 17.9 Å². The molecule has 9 heteroatoms. The molecule has 0 saturated carbocycles. The number of rotatable bonds is 2. The Morgan fingerprint density at radius 2 is 1.48 bits per heavy atom. The third-order valence-corrected chi connectivity index (χ3v) is 4.58. The van der Waals surface area contributed by atoms with Crippen molar-refractivity contribution in [3.05, 3.63) is 72.3 Å². The van der Waals surface area contributed by atoms with E-state index in [0.717, 1.165) is 6.07 Å². The van der Waals surface area contributed by atoms with Gasteiger partial charge in [-0.05, 0) is 47.7 Å². The van der Waals surface area contributed by atoms with Gasteiger partial charge in [0.2, 0.25) is 5.82 Å². The fourth-order valence-corrected chi connectivity index (χ4v) is 3.35. The molecular weight excluding hydrogens is 383 g/mol. The van der Waals surface area contributed by atoms with Gasteiger partial charge in [0.15, 0.2) is 11.5 Å². The van der Waals surface area contributed by atoms with E-state index in [1.54, 1.807) is 53.4 Å². The predicted octanol–water partition coefficient (Wildman–Crippen LogP) is 5.46. The van der Waals surface area contributed by atoms with E-state index in [9.17, 15) is 13.2 Å². The van der Waals surface area contributed by atoms with Crippen LogP contribution in [0.3, 0.4) is 0 Å². The van der Waals surface area contributed by atoms with Crippen molar-refractivity contribution in [3.63, 3.8) is 0 Å². The van der Waals surface area contributed by atoms with Crippen LogP contribution in [0.25, 0.3) is 11.4 Å². The van der Waals surface area contributed by atoms with Gasteiger partial charge in [-0.1, -0.05) is 24.3 Å². The molecular formula is C20H12F3N5O. The molecule has 1 aliphatic rings. The highest BCUT2D eigenvalue weighted by Gasteiger charge is 2.38. The standard InChI is InChI=1S/C20H12F3N5O/c21-20(22,23)13-11-12(19-24-26-27-25-19)9-10-14(13)28-15-5-1-3-7-17(15)29-18-8-4-2-6-16(18)28/h1-11H,(H,24,25,26,27). The largest absolute Gasteiger partial charge is 0.453 e. The number of hydrogen-bond donors (Lipinski definition) is 1. The number of para-hydroxylation sites is 4. The molecule has 0 radical (unpaired) electrons. The van der Waals surface area contributed by atoms with Crippen molar-refractivity contribution in [3.8, 4) is 22.9 Å². The fraction of sp³-hybridized carbons (Fsp3) is 0.0500. The van der Waals surface area contributed by atoms with Crippen LogP contribution in [0.1, 0.15) is 5.56 Å². The molecule has 0 atom stereocenters. The Morgan fingerprint density at radius 3 is 2.07 bits per heavy atom. The molecule has 4 aromatic rings. The van der Waals surface area contributed by atoms with Crippen LogP contribution in [-0.4, -0.2) is 20.6 Å². The van der Waals surface area contributed by atoms with Gasteiger partial charge in [0, 0.05) is 5.56 Å². The Balaban J connectivity index is 1.76. The van der Waals surface area contributed by atoms with E-state index in [1.807, 2.05) is 0 Å². The summed E-state index contributed by atoms with van der Waals surface area (Å²) in [5.74, 6) is 1.04. The van der Waals surface area contributed by atoms with Gasteiger partial charge in [-0.3, -0.25) is 0 Å². The first-order chi connectivity index (χ1) is 14.0. The first-order valence-corrected chi connectivity index (χ1v) is 8.63. The molecule has 0 unspecified atom stereocenters. The SMILES string of the molecule is FC(F)(F)c1cc(-c2nn[nH]n2)ccc1N1c2ccccc2Oc2ccccc21.